The predicted molar refractivity (Wildman–Crippen MR) is 72.4 cm³/mol. The van der Waals surface area contributed by atoms with E-state index in [0.29, 0.717) is 31.2 Å². The number of carbonyl (C=O) groups excluding carboxylic acids is 1. The van der Waals surface area contributed by atoms with Crippen LogP contribution in [-0.4, -0.2) is 36.7 Å². The van der Waals surface area contributed by atoms with Crippen LogP contribution in [0.2, 0.25) is 0 Å². The summed E-state index contributed by atoms with van der Waals surface area (Å²) in [4.78, 5) is 13.6. The van der Waals surface area contributed by atoms with Crippen molar-refractivity contribution >= 4 is 6.09 Å². The van der Waals surface area contributed by atoms with E-state index in [9.17, 15) is 4.79 Å². The van der Waals surface area contributed by atoms with E-state index in [2.05, 4.69) is 0 Å². The molecule has 0 spiro atoms. The van der Waals surface area contributed by atoms with Gasteiger partial charge in [-0.25, -0.2) is 4.79 Å². The topological polar surface area (TPSA) is 64.8 Å². The Hall–Kier alpha value is -1.75. The van der Waals surface area contributed by atoms with Gasteiger partial charge >= 0.3 is 6.09 Å². The van der Waals surface area contributed by atoms with E-state index < -0.39 is 0 Å². The number of likely N-dealkylation sites (tertiary alicyclic amines) is 1. The van der Waals surface area contributed by atoms with Crippen molar-refractivity contribution in [3.63, 3.8) is 0 Å². The molecule has 1 aliphatic rings. The molecule has 104 valence electrons. The van der Waals surface area contributed by atoms with Crippen LogP contribution in [0.1, 0.15) is 19.8 Å². The first-order valence-corrected chi connectivity index (χ1v) is 6.64. The van der Waals surface area contributed by atoms with Crippen molar-refractivity contribution < 1.29 is 14.3 Å². The number of nitrogens with two attached hydrogens (primary N) is 1. The number of nitrogens with zero attached hydrogens (tertiary/aromatic N) is 1. The van der Waals surface area contributed by atoms with Crippen molar-refractivity contribution in [3.05, 3.63) is 24.3 Å². The van der Waals surface area contributed by atoms with Gasteiger partial charge in [-0.3, -0.25) is 0 Å². The van der Waals surface area contributed by atoms with Crippen LogP contribution >= 0.6 is 0 Å². The fourth-order valence-electron chi connectivity index (χ4n) is 2.14. The van der Waals surface area contributed by atoms with Gasteiger partial charge in [-0.05, 0) is 31.9 Å². The summed E-state index contributed by atoms with van der Waals surface area (Å²) in [6.07, 6.45) is 1.54. The Balaban J connectivity index is 1.96. The van der Waals surface area contributed by atoms with E-state index in [1.165, 1.54) is 0 Å². The maximum Gasteiger partial charge on any atom is 0.415 e. The molecule has 0 aromatic heterocycles. The summed E-state index contributed by atoms with van der Waals surface area (Å²) in [5.74, 6) is 1.19. The molecule has 1 fully saturated rings. The Bertz CT molecular complexity index is 436. The third-order valence-electron chi connectivity index (χ3n) is 3.04. The monoisotopic (exact) mass is 264 g/mol. The van der Waals surface area contributed by atoms with Crippen LogP contribution in [0.15, 0.2) is 24.3 Å². The molecule has 19 heavy (non-hydrogen) atoms. The smallest absolute Gasteiger partial charge is 0.415 e. The second-order valence-corrected chi connectivity index (χ2v) is 4.62. The zero-order valence-corrected chi connectivity index (χ0v) is 11.2. The molecule has 1 heterocycles. The normalized spacial score (nSPS) is 19.1. The lowest BCUT2D eigenvalue weighted by Gasteiger charge is -2.29. The van der Waals surface area contributed by atoms with Crippen molar-refractivity contribution in [3.8, 4) is 11.5 Å². The van der Waals surface area contributed by atoms with Crippen LogP contribution in [0.25, 0.3) is 0 Å². The van der Waals surface area contributed by atoms with Crippen LogP contribution in [0.5, 0.6) is 11.5 Å². The molecule has 5 nitrogen and oxygen atoms in total. The molecule has 5 heteroatoms. The van der Waals surface area contributed by atoms with Gasteiger partial charge in [0.05, 0.1) is 6.61 Å². The van der Waals surface area contributed by atoms with Gasteiger partial charge in [-0.1, -0.05) is 6.07 Å². The predicted octanol–water partition coefficient (Wildman–Crippen LogP) is 2.01. The lowest BCUT2D eigenvalue weighted by atomic mass is 10.1. The zero-order chi connectivity index (χ0) is 13.7. The number of hydrogen-bond acceptors (Lipinski definition) is 4. The highest BCUT2D eigenvalue weighted by Gasteiger charge is 2.22. The Morgan fingerprint density at radius 2 is 2.26 bits per heavy atom. The molecular weight excluding hydrogens is 244 g/mol. The van der Waals surface area contributed by atoms with Gasteiger partial charge in [0.15, 0.2) is 0 Å². The number of amides is 1. The summed E-state index contributed by atoms with van der Waals surface area (Å²) < 4.78 is 10.7. The fourth-order valence-corrected chi connectivity index (χ4v) is 2.14. The summed E-state index contributed by atoms with van der Waals surface area (Å²) in [6.45, 7) is 3.76. The number of benzene rings is 1. The number of hydrogen-bond donors (Lipinski definition) is 1. The van der Waals surface area contributed by atoms with Gasteiger partial charge < -0.3 is 20.1 Å². The van der Waals surface area contributed by atoms with Crippen molar-refractivity contribution in [2.24, 2.45) is 5.73 Å². The number of piperidine rings is 1. The fraction of sp³-hybridized carbons (Fsp3) is 0.500. The van der Waals surface area contributed by atoms with Crippen LogP contribution in [0.3, 0.4) is 0 Å². The number of ether oxygens (including phenoxy) is 2. The summed E-state index contributed by atoms with van der Waals surface area (Å²) in [6, 6.07) is 7.14. The van der Waals surface area contributed by atoms with E-state index in [0.717, 1.165) is 12.8 Å². The van der Waals surface area contributed by atoms with Crippen molar-refractivity contribution in [2.75, 3.05) is 19.7 Å². The average Bonchev–Trinajstić information content (AvgIpc) is 2.39. The van der Waals surface area contributed by atoms with Gasteiger partial charge in [0.25, 0.3) is 0 Å². The van der Waals surface area contributed by atoms with Crippen LogP contribution in [-0.2, 0) is 0 Å². The minimum Gasteiger partial charge on any atom is -0.494 e. The maximum atomic E-state index is 12.0. The highest BCUT2D eigenvalue weighted by Crippen LogP contribution is 2.20. The molecule has 1 atom stereocenters. The van der Waals surface area contributed by atoms with Gasteiger partial charge in [0, 0.05) is 25.2 Å². The number of carbonyl (C=O) groups is 1. The zero-order valence-electron chi connectivity index (χ0n) is 11.2. The minimum absolute atomic E-state index is 0.0519. The van der Waals surface area contributed by atoms with Gasteiger partial charge in [0.2, 0.25) is 0 Å². The van der Waals surface area contributed by atoms with Gasteiger partial charge in [0.1, 0.15) is 11.5 Å². The third kappa shape index (κ3) is 3.86. The summed E-state index contributed by atoms with van der Waals surface area (Å²) in [5, 5.41) is 0. The third-order valence-corrected chi connectivity index (χ3v) is 3.04. The standard InChI is InChI=1S/C14H20N2O3/c1-2-18-12-6-3-7-13(9-12)19-14(17)16-8-4-5-11(15)10-16/h3,6-7,9,11H,2,4-5,8,10,15H2,1H3. The molecule has 1 amide bonds. The molecule has 0 bridgehead atoms. The molecule has 1 aromatic rings. The first kappa shape index (κ1) is 13.7. The average molecular weight is 264 g/mol. The lowest BCUT2D eigenvalue weighted by molar-refractivity contribution is 0.137. The second-order valence-electron chi connectivity index (χ2n) is 4.62. The molecule has 0 aliphatic carbocycles. The van der Waals surface area contributed by atoms with E-state index in [4.69, 9.17) is 15.2 Å². The van der Waals surface area contributed by atoms with Crippen molar-refractivity contribution in [1.82, 2.24) is 4.90 Å². The Morgan fingerprint density at radius 1 is 1.47 bits per heavy atom. The minimum atomic E-state index is -0.344. The van der Waals surface area contributed by atoms with Gasteiger partial charge in [-0.2, -0.15) is 0 Å². The molecule has 1 aromatic carbocycles. The highest BCUT2D eigenvalue weighted by molar-refractivity contribution is 5.71. The van der Waals surface area contributed by atoms with Crippen LogP contribution < -0.4 is 15.2 Å². The Morgan fingerprint density at radius 3 is 3.00 bits per heavy atom. The Kier molecular flexibility index (Phi) is 4.63. The Labute approximate surface area is 113 Å². The first-order valence-electron chi connectivity index (χ1n) is 6.64. The molecule has 1 unspecified atom stereocenters. The van der Waals surface area contributed by atoms with E-state index in [1.54, 1.807) is 23.1 Å². The quantitative estimate of drug-likeness (QED) is 0.907. The van der Waals surface area contributed by atoms with Crippen molar-refractivity contribution in [2.45, 2.75) is 25.8 Å². The molecule has 0 saturated carbocycles. The second kappa shape index (κ2) is 6.43. The molecule has 1 saturated heterocycles. The molecule has 2 N–H and O–H groups in total. The molecular formula is C14H20N2O3. The largest absolute Gasteiger partial charge is 0.494 e. The maximum absolute atomic E-state index is 12.0. The summed E-state index contributed by atoms with van der Waals surface area (Å²) in [5.41, 5.74) is 5.85. The van der Waals surface area contributed by atoms with E-state index in [1.807, 2.05) is 13.0 Å². The summed E-state index contributed by atoms with van der Waals surface area (Å²) in [7, 11) is 0. The van der Waals surface area contributed by atoms with Crippen molar-refractivity contribution in [1.29, 1.82) is 0 Å². The molecule has 2 rings (SSSR count). The highest BCUT2D eigenvalue weighted by atomic mass is 16.6. The van der Waals surface area contributed by atoms with E-state index in [-0.39, 0.29) is 12.1 Å². The first-order chi connectivity index (χ1) is 9.19. The van der Waals surface area contributed by atoms with Crippen LogP contribution in [0.4, 0.5) is 4.79 Å². The van der Waals surface area contributed by atoms with Crippen LogP contribution in [0, 0.1) is 0 Å². The molecule has 0 radical (unpaired) electrons. The molecule has 1 aliphatic heterocycles. The summed E-state index contributed by atoms with van der Waals surface area (Å²) >= 11 is 0. The number of rotatable bonds is 3. The lowest BCUT2D eigenvalue weighted by Crippen LogP contribution is -2.46. The van der Waals surface area contributed by atoms with Gasteiger partial charge in [-0.15, -0.1) is 0 Å². The SMILES string of the molecule is CCOc1cccc(OC(=O)N2CCCC(N)C2)c1. The van der Waals surface area contributed by atoms with E-state index >= 15 is 0 Å².